The van der Waals surface area contributed by atoms with Crippen molar-refractivity contribution in [3.8, 4) is 0 Å². The van der Waals surface area contributed by atoms with Crippen LogP contribution in [0.25, 0.3) is 0 Å². The maximum atomic E-state index is 11.5. The van der Waals surface area contributed by atoms with E-state index in [0.717, 1.165) is 5.56 Å². The Morgan fingerprint density at radius 2 is 1.71 bits per heavy atom. The summed E-state index contributed by atoms with van der Waals surface area (Å²) in [6, 6.07) is 6.04. The van der Waals surface area contributed by atoms with Gasteiger partial charge in [0.15, 0.2) is 0 Å². The van der Waals surface area contributed by atoms with E-state index in [2.05, 4.69) is 0 Å². The van der Waals surface area contributed by atoms with Gasteiger partial charge in [-0.05, 0) is 17.7 Å². The van der Waals surface area contributed by atoms with Gasteiger partial charge >= 0.3 is 11.9 Å². The second kappa shape index (κ2) is 6.15. The van der Waals surface area contributed by atoms with Crippen LogP contribution < -0.4 is 0 Å². The molecule has 0 heterocycles. The van der Waals surface area contributed by atoms with Gasteiger partial charge in [-0.15, -0.1) is 0 Å². The zero-order valence-corrected chi connectivity index (χ0v) is 9.77. The summed E-state index contributed by atoms with van der Waals surface area (Å²) in [4.78, 5) is 20.9. The minimum atomic E-state index is -1.24. The van der Waals surface area contributed by atoms with E-state index in [9.17, 15) is 13.8 Å². The van der Waals surface area contributed by atoms with Crippen LogP contribution in [0.1, 0.15) is 22.3 Å². The molecule has 1 atom stereocenters. The number of rotatable bonds is 6. The summed E-state index contributed by atoms with van der Waals surface area (Å²) in [5.74, 6) is -1.63. The molecule has 0 amide bonds. The van der Waals surface area contributed by atoms with Gasteiger partial charge in [-0.3, -0.25) is 9.00 Å². The third-order valence-electron chi connectivity index (χ3n) is 2.07. The lowest BCUT2D eigenvalue weighted by Gasteiger charge is -2.01. The first-order valence-corrected chi connectivity index (χ1v) is 6.37. The zero-order chi connectivity index (χ0) is 12.8. The summed E-state index contributed by atoms with van der Waals surface area (Å²) in [6.45, 7) is 0. The van der Waals surface area contributed by atoms with Gasteiger partial charge in [0, 0.05) is 22.3 Å². The third-order valence-corrected chi connectivity index (χ3v) is 3.39. The molecule has 0 saturated carbocycles. The number of carboxylic acids is 2. The molecule has 17 heavy (non-hydrogen) atoms. The third kappa shape index (κ3) is 4.78. The molecule has 0 aliphatic rings. The molecule has 1 unspecified atom stereocenters. The lowest BCUT2D eigenvalue weighted by Crippen LogP contribution is -2.06. The molecule has 5 nitrogen and oxygen atoms in total. The van der Waals surface area contributed by atoms with E-state index in [4.69, 9.17) is 10.2 Å². The molecule has 0 radical (unpaired) electrons. The fourth-order valence-electron chi connectivity index (χ4n) is 1.20. The van der Waals surface area contributed by atoms with Crippen LogP contribution in [0.2, 0.25) is 0 Å². The van der Waals surface area contributed by atoms with Crippen molar-refractivity contribution in [2.75, 3.05) is 5.75 Å². The second-order valence-electron chi connectivity index (χ2n) is 3.43. The molecule has 0 spiro atoms. The van der Waals surface area contributed by atoms with E-state index >= 15 is 0 Å². The Labute approximate surface area is 101 Å². The Morgan fingerprint density at radius 1 is 1.12 bits per heavy atom. The van der Waals surface area contributed by atoms with Crippen LogP contribution >= 0.6 is 0 Å². The summed E-state index contributed by atoms with van der Waals surface area (Å²) in [7, 11) is -1.24. The highest BCUT2D eigenvalue weighted by molar-refractivity contribution is 7.84. The number of hydrogen-bond acceptors (Lipinski definition) is 3. The molecule has 1 aromatic rings. The number of benzene rings is 1. The topological polar surface area (TPSA) is 91.7 Å². The van der Waals surface area contributed by atoms with Crippen molar-refractivity contribution in [1.29, 1.82) is 0 Å². The number of aromatic carboxylic acids is 1. The van der Waals surface area contributed by atoms with Crippen molar-refractivity contribution in [3.05, 3.63) is 35.4 Å². The molecular formula is C11H12O5S. The first-order valence-electron chi connectivity index (χ1n) is 4.88. The molecule has 0 saturated heterocycles. The summed E-state index contributed by atoms with van der Waals surface area (Å²) in [6.07, 6.45) is -0.125. The highest BCUT2D eigenvalue weighted by Gasteiger charge is 2.06. The van der Waals surface area contributed by atoms with Gasteiger partial charge in [-0.2, -0.15) is 0 Å². The minimum absolute atomic E-state index is 0.107. The number of hydrogen-bond donors (Lipinski definition) is 2. The van der Waals surface area contributed by atoms with Crippen LogP contribution in [0.3, 0.4) is 0 Å². The highest BCUT2D eigenvalue weighted by atomic mass is 32.2. The molecule has 6 heteroatoms. The standard InChI is InChI=1S/C11H12O5S/c12-10(13)5-6-17(16)7-8-1-3-9(4-2-8)11(14)15/h1-4H,5-7H2,(H,12,13)(H,14,15). The van der Waals surface area contributed by atoms with E-state index in [0.29, 0.717) is 0 Å². The van der Waals surface area contributed by atoms with Crippen LogP contribution in [0.5, 0.6) is 0 Å². The number of aliphatic carboxylic acids is 1. The lowest BCUT2D eigenvalue weighted by atomic mass is 10.1. The van der Waals surface area contributed by atoms with E-state index in [1.54, 1.807) is 12.1 Å². The average molecular weight is 256 g/mol. The fourth-order valence-corrected chi connectivity index (χ4v) is 2.31. The van der Waals surface area contributed by atoms with E-state index in [1.807, 2.05) is 0 Å². The maximum absolute atomic E-state index is 11.5. The van der Waals surface area contributed by atoms with Crippen molar-refractivity contribution in [1.82, 2.24) is 0 Å². The van der Waals surface area contributed by atoms with E-state index in [-0.39, 0.29) is 23.5 Å². The van der Waals surface area contributed by atoms with Crippen LogP contribution in [0.15, 0.2) is 24.3 Å². The van der Waals surface area contributed by atoms with Crippen molar-refractivity contribution in [2.24, 2.45) is 0 Å². The van der Waals surface area contributed by atoms with Gasteiger partial charge in [0.05, 0.1) is 12.0 Å². The zero-order valence-electron chi connectivity index (χ0n) is 8.96. The second-order valence-corrected chi connectivity index (χ2v) is 5.01. The lowest BCUT2D eigenvalue weighted by molar-refractivity contribution is -0.136. The Bertz CT molecular complexity index is 438. The SMILES string of the molecule is O=C(O)CCS(=O)Cc1ccc(C(=O)O)cc1. The predicted molar refractivity (Wildman–Crippen MR) is 62.4 cm³/mol. The summed E-state index contributed by atoms with van der Waals surface area (Å²) in [5.41, 5.74) is 0.906. The Hall–Kier alpha value is -1.69. The largest absolute Gasteiger partial charge is 0.481 e. The Morgan fingerprint density at radius 3 is 2.18 bits per heavy atom. The smallest absolute Gasteiger partial charge is 0.335 e. The minimum Gasteiger partial charge on any atom is -0.481 e. The van der Waals surface area contributed by atoms with Crippen molar-refractivity contribution in [2.45, 2.75) is 12.2 Å². The molecule has 1 rings (SSSR count). The molecular weight excluding hydrogens is 244 g/mol. The molecule has 0 aliphatic carbocycles. The summed E-state index contributed by atoms with van der Waals surface area (Å²) in [5, 5.41) is 17.1. The normalized spacial score (nSPS) is 12.0. The van der Waals surface area contributed by atoms with Crippen LogP contribution in [-0.2, 0) is 21.3 Å². The fraction of sp³-hybridized carbons (Fsp3) is 0.273. The maximum Gasteiger partial charge on any atom is 0.335 e. The molecule has 92 valence electrons. The Kier molecular flexibility index (Phi) is 4.84. The van der Waals surface area contributed by atoms with Gasteiger partial charge in [0.25, 0.3) is 0 Å². The Balaban J connectivity index is 2.54. The van der Waals surface area contributed by atoms with E-state index < -0.39 is 22.7 Å². The molecule has 0 fully saturated rings. The molecule has 2 N–H and O–H groups in total. The van der Waals surface area contributed by atoms with Gasteiger partial charge in [-0.25, -0.2) is 4.79 Å². The summed E-state index contributed by atoms with van der Waals surface area (Å²) < 4.78 is 11.5. The molecule has 1 aromatic carbocycles. The van der Waals surface area contributed by atoms with Gasteiger partial charge in [0.2, 0.25) is 0 Å². The van der Waals surface area contributed by atoms with Gasteiger partial charge in [-0.1, -0.05) is 12.1 Å². The van der Waals surface area contributed by atoms with Crippen LogP contribution in [0.4, 0.5) is 0 Å². The van der Waals surface area contributed by atoms with Crippen molar-refractivity contribution in [3.63, 3.8) is 0 Å². The number of carboxylic acid groups (broad SMARTS) is 2. The average Bonchev–Trinajstić information content (AvgIpc) is 2.27. The van der Waals surface area contributed by atoms with Crippen LogP contribution in [-0.4, -0.2) is 32.1 Å². The summed E-state index contributed by atoms with van der Waals surface area (Å²) >= 11 is 0. The monoisotopic (exact) mass is 256 g/mol. The molecule has 0 aromatic heterocycles. The number of carbonyl (C=O) groups is 2. The predicted octanol–water partition coefficient (Wildman–Crippen LogP) is 1.11. The molecule has 0 bridgehead atoms. The first-order chi connectivity index (χ1) is 7.99. The molecule has 0 aliphatic heterocycles. The van der Waals surface area contributed by atoms with Crippen molar-refractivity contribution < 1.29 is 24.0 Å². The van der Waals surface area contributed by atoms with E-state index in [1.165, 1.54) is 12.1 Å². The first kappa shape index (κ1) is 13.4. The van der Waals surface area contributed by atoms with Crippen LogP contribution in [0, 0.1) is 0 Å². The van der Waals surface area contributed by atoms with Gasteiger partial charge < -0.3 is 10.2 Å². The quantitative estimate of drug-likeness (QED) is 0.795. The van der Waals surface area contributed by atoms with Gasteiger partial charge in [0.1, 0.15) is 0 Å². The highest BCUT2D eigenvalue weighted by Crippen LogP contribution is 2.07. The van der Waals surface area contributed by atoms with Crippen molar-refractivity contribution >= 4 is 22.7 Å².